The Balaban J connectivity index is 2.67. The first-order valence-corrected chi connectivity index (χ1v) is 3.01. The summed E-state index contributed by atoms with van der Waals surface area (Å²) in [5, 5.41) is 18.9. The van der Waals surface area contributed by atoms with Gasteiger partial charge in [-0.2, -0.15) is 15.4 Å². The quantitative estimate of drug-likeness (QED) is 0.583. The molecule has 1 aromatic heterocycles. The monoisotopic (exact) mass is 139 g/mol. The van der Waals surface area contributed by atoms with Gasteiger partial charge >= 0.3 is 0 Å². The van der Waals surface area contributed by atoms with Crippen LogP contribution in [0.4, 0.5) is 0 Å². The summed E-state index contributed by atoms with van der Waals surface area (Å²) in [5.74, 6) is 0. The number of hydrogen-bond acceptors (Lipinski definition) is 3. The Labute approximate surface area is 58.6 Å². The standard InChI is InChI=1S/C6H9N3O/c1-2-3-6(10)5-4-7-9-8-5/h2-4,6,10H,1H3,(H,7,8,9). The summed E-state index contributed by atoms with van der Waals surface area (Å²) in [4.78, 5) is 0. The maximum atomic E-state index is 9.20. The van der Waals surface area contributed by atoms with Gasteiger partial charge in [-0.15, -0.1) is 0 Å². The predicted molar refractivity (Wildman–Crippen MR) is 36.2 cm³/mol. The van der Waals surface area contributed by atoms with Gasteiger partial charge in [-0.05, 0) is 6.92 Å². The molecule has 1 unspecified atom stereocenters. The number of aromatic nitrogens is 3. The third-order valence-electron chi connectivity index (χ3n) is 1.11. The largest absolute Gasteiger partial charge is 0.383 e. The third kappa shape index (κ3) is 1.41. The fraction of sp³-hybridized carbons (Fsp3) is 0.333. The molecule has 1 rings (SSSR count). The molecule has 54 valence electrons. The van der Waals surface area contributed by atoms with Crippen LogP contribution in [0.15, 0.2) is 18.3 Å². The van der Waals surface area contributed by atoms with Gasteiger partial charge in [0.25, 0.3) is 0 Å². The minimum atomic E-state index is -0.635. The van der Waals surface area contributed by atoms with E-state index in [4.69, 9.17) is 0 Å². The zero-order valence-corrected chi connectivity index (χ0v) is 5.65. The van der Waals surface area contributed by atoms with Gasteiger partial charge in [-0.25, -0.2) is 0 Å². The van der Waals surface area contributed by atoms with Crippen molar-refractivity contribution >= 4 is 0 Å². The molecular formula is C6H9N3O. The lowest BCUT2D eigenvalue weighted by Gasteiger charge is -1.96. The molecule has 0 amide bonds. The number of nitrogens with zero attached hydrogens (tertiary/aromatic N) is 2. The van der Waals surface area contributed by atoms with Crippen LogP contribution in [0.5, 0.6) is 0 Å². The summed E-state index contributed by atoms with van der Waals surface area (Å²) in [5.41, 5.74) is 0.540. The summed E-state index contributed by atoms with van der Waals surface area (Å²) >= 11 is 0. The molecule has 1 heterocycles. The van der Waals surface area contributed by atoms with Gasteiger partial charge < -0.3 is 5.11 Å². The van der Waals surface area contributed by atoms with Crippen LogP contribution in [0.2, 0.25) is 0 Å². The highest BCUT2D eigenvalue weighted by Crippen LogP contribution is 2.07. The van der Waals surface area contributed by atoms with E-state index >= 15 is 0 Å². The van der Waals surface area contributed by atoms with Crippen LogP contribution < -0.4 is 0 Å². The number of H-pyrrole nitrogens is 1. The highest BCUT2D eigenvalue weighted by atomic mass is 16.3. The number of aromatic amines is 1. The average Bonchev–Trinajstić information content (AvgIpc) is 2.38. The summed E-state index contributed by atoms with van der Waals surface area (Å²) in [6.07, 6.45) is 4.26. The van der Waals surface area contributed by atoms with Gasteiger partial charge in [0, 0.05) is 0 Å². The average molecular weight is 139 g/mol. The lowest BCUT2D eigenvalue weighted by Crippen LogP contribution is -1.92. The highest BCUT2D eigenvalue weighted by molar-refractivity contribution is 5.04. The van der Waals surface area contributed by atoms with Gasteiger partial charge in [-0.3, -0.25) is 0 Å². The van der Waals surface area contributed by atoms with Crippen LogP contribution in [-0.4, -0.2) is 20.5 Å². The Morgan fingerprint density at radius 1 is 1.80 bits per heavy atom. The molecule has 0 aliphatic carbocycles. The van der Waals surface area contributed by atoms with Crippen LogP contribution >= 0.6 is 0 Å². The fourth-order valence-corrected chi connectivity index (χ4v) is 0.634. The van der Waals surface area contributed by atoms with E-state index in [1.54, 1.807) is 12.2 Å². The van der Waals surface area contributed by atoms with Crippen molar-refractivity contribution in [2.75, 3.05) is 0 Å². The molecule has 0 spiro atoms. The number of hydrogen-bond donors (Lipinski definition) is 2. The van der Waals surface area contributed by atoms with E-state index in [1.165, 1.54) is 6.20 Å². The van der Waals surface area contributed by atoms with Crippen LogP contribution in [0.25, 0.3) is 0 Å². The second-order valence-electron chi connectivity index (χ2n) is 1.87. The molecule has 1 atom stereocenters. The first-order valence-electron chi connectivity index (χ1n) is 3.01. The van der Waals surface area contributed by atoms with Crippen molar-refractivity contribution in [2.45, 2.75) is 13.0 Å². The summed E-state index contributed by atoms with van der Waals surface area (Å²) in [7, 11) is 0. The van der Waals surface area contributed by atoms with Crippen molar-refractivity contribution in [3.05, 3.63) is 24.0 Å². The minimum absolute atomic E-state index is 0.540. The first kappa shape index (κ1) is 6.95. The van der Waals surface area contributed by atoms with Crippen molar-refractivity contribution in [1.82, 2.24) is 15.4 Å². The van der Waals surface area contributed by atoms with Gasteiger partial charge in [0.15, 0.2) is 0 Å². The van der Waals surface area contributed by atoms with Crippen molar-refractivity contribution in [2.24, 2.45) is 0 Å². The van der Waals surface area contributed by atoms with Crippen LogP contribution in [0.3, 0.4) is 0 Å². The van der Waals surface area contributed by atoms with Crippen LogP contribution in [0.1, 0.15) is 18.7 Å². The lowest BCUT2D eigenvalue weighted by atomic mass is 10.2. The van der Waals surface area contributed by atoms with Crippen molar-refractivity contribution in [3.63, 3.8) is 0 Å². The number of allylic oxidation sites excluding steroid dienone is 1. The number of nitrogens with one attached hydrogen (secondary N) is 1. The molecule has 4 nitrogen and oxygen atoms in total. The summed E-state index contributed by atoms with van der Waals surface area (Å²) < 4.78 is 0. The van der Waals surface area contributed by atoms with Crippen LogP contribution in [-0.2, 0) is 0 Å². The van der Waals surface area contributed by atoms with E-state index in [2.05, 4.69) is 15.4 Å². The Morgan fingerprint density at radius 3 is 3.10 bits per heavy atom. The van der Waals surface area contributed by atoms with Crippen molar-refractivity contribution in [3.8, 4) is 0 Å². The Bertz CT molecular complexity index is 205. The molecule has 0 aromatic carbocycles. The van der Waals surface area contributed by atoms with E-state index in [0.717, 1.165) is 0 Å². The van der Waals surface area contributed by atoms with Gasteiger partial charge in [0.1, 0.15) is 11.8 Å². The van der Waals surface area contributed by atoms with Crippen molar-refractivity contribution < 1.29 is 5.11 Å². The van der Waals surface area contributed by atoms with E-state index in [-0.39, 0.29) is 0 Å². The SMILES string of the molecule is CC=CC(O)c1cn[nH]n1. The molecule has 0 aliphatic rings. The zero-order valence-electron chi connectivity index (χ0n) is 5.65. The van der Waals surface area contributed by atoms with E-state index < -0.39 is 6.10 Å². The molecular weight excluding hydrogens is 130 g/mol. The molecule has 10 heavy (non-hydrogen) atoms. The molecule has 0 aliphatic heterocycles. The molecule has 4 heteroatoms. The van der Waals surface area contributed by atoms with Gasteiger partial charge in [0.2, 0.25) is 0 Å². The molecule has 1 aromatic rings. The Hall–Kier alpha value is -1.16. The normalized spacial score (nSPS) is 14.2. The number of aliphatic hydroxyl groups excluding tert-OH is 1. The lowest BCUT2D eigenvalue weighted by molar-refractivity contribution is 0.223. The number of rotatable bonds is 2. The van der Waals surface area contributed by atoms with Crippen molar-refractivity contribution in [1.29, 1.82) is 0 Å². The smallest absolute Gasteiger partial charge is 0.118 e. The van der Waals surface area contributed by atoms with E-state index in [1.807, 2.05) is 6.92 Å². The van der Waals surface area contributed by atoms with Gasteiger partial charge in [0.05, 0.1) is 6.20 Å². The fourth-order valence-electron chi connectivity index (χ4n) is 0.634. The minimum Gasteiger partial charge on any atom is -0.383 e. The van der Waals surface area contributed by atoms with E-state index in [9.17, 15) is 5.11 Å². The molecule has 0 bridgehead atoms. The number of aliphatic hydroxyl groups is 1. The topological polar surface area (TPSA) is 61.8 Å². The summed E-state index contributed by atoms with van der Waals surface area (Å²) in [6, 6.07) is 0. The molecule has 0 radical (unpaired) electrons. The Kier molecular flexibility index (Phi) is 2.17. The zero-order chi connectivity index (χ0) is 7.40. The highest BCUT2D eigenvalue weighted by Gasteiger charge is 2.03. The Morgan fingerprint density at radius 2 is 2.60 bits per heavy atom. The second-order valence-corrected chi connectivity index (χ2v) is 1.87. The molecule has 0 saturated carbocycles. The third-order valence-corrected chi connectivity index (χ3v) is 1.11. The van der Waals surface area contributed by atoms with Gasteiger partial charge in [-0.1, -0.05) is 12.2 Å². The maximum Gasteiger partial charge on any atom is 0.118 e. The molecule has 0 saturated heterocycles. The first-order chi connectivity index (χ1) is 4.84. The summed E-state index contributed by atoms with van der Waals surface area (Å²) in [6.45, 7) is 1.84. The maximum absolute atomic E-state index is 9.20. The van der Waals surface area contributed by atoms with Crippen LogP contribution in [0, 0.1) is 0 Å². The molecule has 2 N–H and O–H groups in total. The second kappa shape index (κ2) is 3.12. The molecule has 0 fully saturated rings. The predicted octanol–water partition coefficient (Wildman–Crippen LogP) is 0.414. The van der Waals surface area contributed by atoms with E-state index in [0.29, 0.717) is 5.69 Å².